The Labute approximate surface area is 102 Å². The van der Waals surface area contributed by atoms with E-state index in [9.17, 15) is 13.6 Å². The summed E-state index contributed by atoms with van der Waals surface area (Å²) in [6.45, 7) is 0. The number of carbonyl (C=O) groups is 1. The third kappa shape index (κ3) is 2.52. The van der Waals surface area contributed by atoms with E-state index in [2.05, 4.69) is 4.98 Å². The second-order valence-electron chi connectivity index (χ2n) is 2.27. The average Bonchev–Trinajstić information content (AvgIpc) is 2.07. The van der Waals surface area contributed by atoms with Gasteiger partial charge in [-0.05, 0) is 40.3 Å². The van der Waals surface area contributed by atoms with Gasteiger partial charge in [0, 0.05) is 3.57 Å². The standard InChI is InChI=1S/C7H2Cl2F2INO/c8-5-2(7(10)11)1-3(12)4(13-5)6(9)14/h1,7H. The predicted molar refractivity (Wildman–Crippen MR) is 57.1 cm³/mol. The fourth-order valence-corrected chi connectivity index (χ4v) is 2.00. The molecule has 0 amide bonds. The van der Waals surface area contributed by atoms with Gasteiger partial charge in [0.2, 0.25) is 0 Å². The number of halogens is 5. The number of hydrogen-bond acceptors (Lipinski definition) is 2. The second-order valence-corrected chi connectivity index (χ2v) is 4.14. The first-order chi connectivity index (χ1) is 6.43. The quantitative estimate of drug-likeness (QED) is 0.462. The summed E-state index contributed by atoms with van der Waals surface area (Å²) in [7, 11) is 0. The lowest BCUT2D eigenvalue weighted by molar-refractivity contribution is 0.107. The van der Waals surface area contributed by atoms with E-state index in [0.717, 1.165) is 6.07 Å². The predicted octanol–water partition coefficient (Wildman–Crippen LogP) is 3.66. The van der Waals surface area contributed by atoms with Gasteiger partial charge in [0.25, 0.3) is 11.7 Å². The van der Waals surface area contributed by atoms with Crippen molar-refractivity contribution in [3.05, 3.63) is 26.0 Å². The summed E-state index contributed by atoms with van der Waals surface area (Å²) in [5.74, 6) is 0. The average molecular weight is 352 g/mol. The summed E-state index contributed by atoms with van der Waals surface area (Å²) < 4.78 is 24.8. The monoisotopic (exact) mass is 351 g/mol. The van der Waals surface area contributed by atoms with Gasteiger partial charge in [-0.25, -0.2) is 13.8 Å². The van der Waals surface area contributed by atoms with Crippen molar-refractivity contribution in [1.82, 2.24) is 4.98 Å². The molecular weight excluding hydrogens is 350 g/mol. The molecule has 0 saturated carbocycles. The molecule has 7 heteroatoms. The Morgan fingerprint density at radius 1 is 1.57 bits per heavy atom. The molecule has 2 nitrogen and oxygen atoms in total. The van der Waals surface area contributed by atoms with Crippen LogP contribution < -0.4 is 0 Å². The van der Waals surface area contributed by atoms with Crippen molar-refractivity contribution in [2.75, 3.05) is 0 Å². The Bertz CT molecular complexity index is 386. The molecule has 0 aliphatic carbocycles. The second kappa shape index (κ2) is 4.67. The summed E-state index contributed by atoms with van der Waals surface area (Å²) in [6.07, 6.45) is -2.72. The maximum absolute atomic E-state index is 12.3. The van der Waals surface area contributed by atoms with Crippen molar-refractivity contribution < 1.29 is 13.6 Å². The molecule has 0 atom stereocenters. The van der Waals surface area contributed by atoms with E-state index in [1.807, 2.05) is 0 Å². The van der Waals surface area contributed by atoms with Gasteiger partial charge in [-0.2, -0.15) is 0 Å². The largest absolute Gasteiger partial charge is 0.274 e. The molecule has 0 unspecified atom stereocenters. The van der Waals surface area contributed by atoms with Crippen LogP contribution in [0, 0.1) is 3.57 Å². The van der Waals surface area contributed by atoms with Crippen LogP contribution in [0.15, 0.2) is 6.07 Å². The van der Waals surface area contributed by atoms with Crippen LogP contribution in [0.2, 0.25) is 5.15 Å². The lowest BCUT2D eigenvalue weighted by Gasteiger charge is -2.05. The van der Waals surface area contributed by atoms with Gasteiger partial charge < -0.3 is 0 Å². The van der Waals surface area contributed by atoms with Gasteiger partial charge in [0.05, 0.1) is 5.56 Å². The minimum absolute atomic E-state index is 0.110. The Hall–Kier alpha value is -0.0100. The van der Waals surface area contributed by atoms with Gasteiger partial charge in [0.15, 0.2) is 0 Å². The van der Waals surface area contributed by atoms with E-state index < -0.39 is 22.4 Å². The Balaban J connectivity index is 3.31. The van der Waals surface area contributed by atoms with Crippen LogP contribution in [0.25, 0.3) is 0 Å². The minimum Gasteiger partial charge on any atom is -0.274 e. The van der Waals surface area contributed by atoms with Gasteiger partial charge in [-0.3, -0.25) is 4.79 Å². The maximum atomic E-state index is 12.3. The fourth-order valence-electron chi connectivity index (χ4n) is 0.771. The molecule has 0 bridgehead atoms. The maximum Gasteiger partial charge on any atom is 0.271 e. The number of carbonyl (C=O) groups excluding carboxylic acids is 1. The normalized spacial score (nSPS) is 10.7. The van der Waals surface area contributed by atoms with Gasteiger partial charge in [-0.1, -0.05) is 11.6 Å². The smallest absolute Gasteiger partial charge is 0.271 e. The van der Waals surface area contributed by atoms with Crippen molar-refractivity contribution in [3.63, 3.8) is 0 Å². The number of hydrogen-bond donors (Lipinski definition) is 0. The molecular formula is C7H2Cl2F2INO. The molecule has 0 N–H and O–H groups in total. The summed E-state index contributed by atoms with van der Waals surface area (Å²) in [6, 6.07) is 1.09. The Kier molecular flexibility index (Phi) is 4.03. The van der Waals surface area contributed by atoms with Crippen LogP contribution in [-0.4, -0.2) is 10.2 Å². The highest BCUT2D eigenvalue weighted by Crippen LogP contribution is 2.28. The van der Waals surface area contributed by atoms with Crippen LogP contribution in [0.3, 0.4) is 0 Å². The first-order valence-electron chi connectivity index (χ1n) is 3.27. The molecule has 0 aromatic carbocycles. The lowest BCUT2D eigenvalue weighted by atomic mass is 10.2. The molecule has 0 aliphatic heterocycles. The third-order valence-electron chi connectivity index (χ3n) is 1.38. The number of rotatable bonds is 2. The van der Waals surface area contributed by atoms with Crippen molar-refractivity contribution in [2.24, 2.45) is 0 Å². The number of alkyl halides is 2. The van der Waals surface area contributed by atoms with Crippen molar-refractivity contribution in [1.29, 1.82) is 0 Å². The highest BCUT2D eigenvalue weighted by molar-refractivity contribution is 14.1. The van der Waals surface area contributed by atoms with Gasteiger partial charge >= 0.3 is 0 Å². The summed E-state index contributed by atoms with van der Waals surface area (Å²) >= 11 is 12.3. The van der Waals surface area contributed by atoms with Crippen LogP contribution in [0.4, 0.5) is 8.78 Å². The molecule has 0 spiro atoms. The number of aromatic nitrogens is 1. The van der Waals surface area contributed by atoms with Crippen LogP contribution in [0.5, 0.6) is 0 Å². The van der Waals surface area contributed by atoms with E-state index >= 15 is 0 Å². The zero-order valence-corrected chi connectivity index (χ0v) is 10.1. The molecule has 1 heterocycles. The summed E-state index contributed by atoms with van der Waals surface area (Å²) in [4.78, 5) is 14.2. The van der Waals surface area contributed by atoms with Gasteiger partial charge in [-0.15, -0.1) is 0 Å². The Morgan fingerprint density at radius 2 is 2.14 bits per heavy atom. The van der Waals surface area contributed by atoms with Crippen molar-refractivity contribution in [2.45, 2.75) is 6.43 Å². The first kappa shape index (κ1) is 12.1. The third-order valence-corrected chi connectivity index (χ3v) is 2.68. The fraction of sp³-hybridized carbons (Fsp3) is 0.143. The molecule has 1 rings (SSSR count). The molecule has 14 heavy (non-hydrogen) atoms. The molecule has 1 aromatic rings. The SMILES string of the molecule is O=C(Cl)c1nc(Cl)c(C(F)F)cc1I. The van der Waals surface area contributed by atoms with Crippen LogP contribution in [-0.2, 0) is 0 Å². The molecule has 0 radical (unpaired) electrons. The lowest BCUT2D eigenvalue weighted by Crippen LogP contribution is -2.01. The van der Waals surface area contributed by atoms with E-state index in [-0.39, 0.29) is 9.26 Å². The van der Waals surface area contributed by atoms with E-state index in [1.54, 1.807) is 22.6 Å². The van der Waals surface area contributed by atoms with Crippen LogP contribution >= 0.6 is 45.8 Å². The zero-order valence-electron chi connectivity index (χ0n) is 6.40. The van der Waals surface area contributed by atoms with E-state index in [0.29, 0.717) is 0 Å². The summed E-state index contributed by atoms with van der Waals surface area (Å²) in [5, 5.41) is -1.22. The topological polar surface area (TPSA) is 30.0 Å². The molecule has 0 aliphatic rings. The minimum atomic E-state index is -2.72. The van der Waals surface area contributed by atoms with Crippen molar-refractivity contribution in [3.8, 4) is 0 Å². The summed E-state index contributed by atoms with van der Waals surface area (Å²) in [5.41, 5.74) is -0.514. The van der Waals surface area contributed by atoms with Crippen LogP contribution in [0.1, 0.15) is 22.5 Å². The molecule has 0 saturated heterocycles. The van der Waals surface area contributed by atoms with E-state index in [4.69, 9.17) is 23.2 Å². The van der Waals surface area contributed by atoms with Crippen molar-refractivity contribution >= 4 is 51.0 Å². The highest BCUT2D eigenvalue weighted by atomic mass is 127. The molecule has 1 aromatic heterocycles. The number of pyridine rings is 1. The zero-order chi connectivity index (χ0) is 10.9. The number of nitrogens with zero attached hydrogens (tertiary/aromatic N) is 1. The first-order valence-corrected chi connectivity index (χ1v) is 5.11. The Morgan fingerprint density at radius 3 is 2.57 bits per heavy atom. The molecule has 76 valence electrons. The van der Waals surface area contributed by atoms with Gasteiger partial charge in [0.1, 0.15) is 10.8 Å². The highest BCUT2D eigenvalue weighted by Gasteiger charge is 2.18. The van der Waals surface area contributed by atoms with E-state index in [1.165, 1.54) is 0 Å². The molecule has 0 fully saturated rings.